The van der Waals surface area contributed by atoms with Gasteiger partial charge in [0.1, 0.15) is 6.61 Å². The second-order valence-electron chi connectivity index (χ2n) is 10.9. The lowest BCUT2D eigenvalue weighted by Gasteiger charge is -2.37. The molecule has 3 aromatic rings. The number of carboxylic acid groups (broad SMARTS) is 1. The van der Waals surface area contributed by atoms with E-state index in [1.807, 2.05) is 66.7 Å². The highest BCUT2D eigenvalue weighted by Gasteiger charge is 2.43. The minimum atomic E-state index is -1.27. The van der Waals surface area contributed by atoms with Crippen LogP contribution in [0, 0.1) is 5.41 Å². The molecule has 1 aliphatic carbocycles. The maximum atomic E-state index is 13.6. The van der Waals surface area contributed by atoms with Crippen molar-refractivity contribution in [3.05, 3.63) is 95.6 Å². The first kappa shape index (κ1) is 29.3. The van der Waals surface area contributed by atoms with E-state index in [4.69, 9.17) is 14.2 Å². The van der Waals surface area contributed by atoms with Crippen LogP contribution in [0.1, 0.15) is 42.4 Å². The zero-order valence-corrected chi connectivity index (χ0v) is 23.6. The van der Waals surface area contributed by atoms with Crippen molar-refractivity contribution in [1.29, 1.82) is 0 Å². The smallest absolute Gasteiger partial charge is 0.407 e. The van der Waals surface area contributed by atoms with Crippen molar-refractivity contribution >= 4 is 18.0 Å². The Kier molecular flexibility index (Phi) is 9.19. The predicted octanol–water partition coefficient (Wildman–Crippen LogP) is 4.50. The van der Waals surface area contributed by atoms with Gasteiger partial charge < -0.3 is 30.0 Å². The summed E-state index contributed by atoms with van der Waals surface area (Å²) in [7, 11) is 0. The van der Waals surface area contributed by atoms with Gasteiger partial charge in [-0.15, -0.1) is 0 Å². The highest BCUT2D eigenvalue weighted by atomic mass is 16.5. The van der Waals surface area contributed by atoms with Gasteiger partial charge in [-0.3, -0.25) is 4.79 Å². The number of alkyl carbamates (subject to hydrolysis) is 1. The third-order valence-corrected chi connectivity index (χ3v) is 8.22. The second-order valence-corrected chi connectivity index (χ2v) is 10.9. The predicted molar refractivity (Wildman–Crippen MR) is 156 cm³/mol. The standard InChI is InChI=1S/C33H36N2O7/c1-22(41-19-23-9-3-2-4-10-23)29(30(36)37)35-31(38)33(15-17-40-18-16-33)21-34-32(39)42-20-28-26-13-7-5-11-24(26)25-12-6-8-14-27(25)28/h2-14,22,28-29H,15-21H2,1H3,(H,34,39)(H,35,38)(H,36,37)/t22-,29+/m0/s1. The van der Waals surface area contributed by atoms with E-state index < -0.39 is 35.5 Å². The molecule has 42 heavy (non-hydrogen) atoms. The summed E-state index contributed by atoms with van der Waals surface area (Å²) in [5, 5.41) is 15.3. The Hall–Kier alpha value is -4.21. The first-order chi connectivity index (χ1) is 20.4. The topological polar surface area (TPSA) is 123 Å². The highest BCUT2D eigenvalue weighted by molar-refractivity contribution is 5.88. The number of amides is 2. The molecule has 1 saturated heterocycles. The lowest BCUT2D eigenvalue weighted by atomic mass is 9.79. The molecule has 3 N–H and O–H groups in total. The number of hydrogen-bond acceptors (Lipinski definition) is 6. The molecule has 0 aromatic heterocycles. The fourth-order valence-corrected chi connectivity index (χ4v) is 5.71. The molecule has 220 valence electrons. The van der Waals surface area contributed by atoms with Gasteiger partial charge in [0.25, 0.3) is 0 Å². The average Bonchev–Trinajstić information content (AvgIpc) is 3.34. The summed E-state index contributed by atoms with van der Waals surface area (Å²) in [5.74, 6) is -1.75. The number of carbonyl (C=O) groups excluding carboxylic acids is 2. The van der Waals surface area contributed by atoms with Crippen molar-refractivity contribution in [3.63, 3.8) is 0 Å². The summed E-state index contributed by atoms with van der Waals surface area (Å²) in [6.07, 6.45) is -0.772. The fraction of sp³-hybridized carbons (Fsp3) is 0.364. The van der Waals surface area contributed by atoms with Crippen molar-refractivity contribution < 1.29 is 33.7 Å². The molecule has 2 amide bonds. The van der Waals surface area contributed by atoms with Crippen LogP contribution in [0.25, 0.3) is 11.1 Å². The number of rotatable bonds is 11. The average molecular weight is 573 g/mol. The maximum absolute atomic E-state index is 13.6. The van der Waals surface area contributed by atoms with Gasteiger partial charge in [0, 0.05) is 25.7 Å². The summed E-state index contributed by atoms with van der Waals surface area (Å²) < 4.78 is 16.9. The van der Waals surface area contributed by atoms with Crippen molar-refractivity contribution in [2.75, 3.05) is 26.4 Å². The third-order valence-electron chi connectivity index (χ3n) is 8.22. The van der Waals surface area contributed by atoms with Gasteiger partial charge in [0.2, 0.25) is 5.91 Å². The normalized spacial score (nSPS) is 16.9. The number of nitrogens with one attached hydrogen (secondary N) is 2. The Morgan fingerprint density at radius 1 is 0.929 bits per heavy atom. The van der Waals surface area contributed by atoms with Gasteiger partial charge in [-0.1, -0.05) is 78.9 Å². The third kappa shape index (κ3) is 6.48. The zero-order chi connectivity index (χ0) is 29.5. The van der Waals surface area contributed by atoms with Crippen LogP contribution < -0.4 is 10.6 Å². The van der Waals surface area contributed by atoms with Crippen LogP contribution in [0.2, 0.25) is 0 Å². The maximum Gasteiger partial charge on any atom is 0.407 e. The largest absolute Gasteiger partial charge is 0.480 e. The van der Waals surface area contributed by atoms with Crippen molar-refractivity contribution in [2.45, 2.75) is 44.4 Å². The second kappa shape index (κ2) is 13.2. The number of carboxylic acids is 1. The Balaban J connectivity index is 1.20. The van der Waals surface area contributed by atoms with Crippen LogP contribution in [0.3, 0.4) is 0 Å². The van der Waals surface area contributed by atoms with Gasteiger partial charge in [-0.25, -0.2) is 9.59 Å². The van der Waals surface area contributed by atoms with Gasteiger partial charge in [0.15, 0.2) is 6.04 Å². The molecule has 9 heteroatoms. The van der Waals surface area contributed by atoms with Crippen molar-refractivity contribution in [3.8, 4) is 11.1 Å². The molecule has 0 bridgehead atoms. The van der Waals surface area contributed by atoms with Crippen LogP contribution in [0.4, 0.5) is 4.79 Å². The Morgan fingerprint density at radius 2 is 1.52 bits per heavy atom. The first-order valence-corrected chi connectivity index (χ1v) is 14.2. The monoisotopic (exact) mass is 572 g/mol. The molecule has 0 saturated carbocycles. The first-order valence-electron chi connectivity index (χ1n) is 14.2. The van der Waals surface area contributed by atoms with E-state index >= 15 is 0 Å². The Labute approximate surface area is 245 Å². The van der Waals surface area contributed by atoms with E-state index in [-0.39, 0.29) is 25.7 Å². The minimum Gasteiger partial charge on any atom is -0.480 e. The van der Waals surface area contributed by atoms with Gasteiger partial charge >= 0.3 is 12.1 Å². The summed E-state index contributed by atoms with van der Waals surface area (Å²) in [6.45, 7) is 2.61. The van der Waals surface area contributed by atoms with Gasteiger partial charge in [-0.05, 0) is 47.6 Å². The molecule has 2 aliphatic rings. The number of carbonyl (C=O) groups is 3. The van der Waals surface area contributed by atoms with Gasteiger partial charge in [0.05, 0.1) is 18.1 Å². The number of aliphatic carboxylic acids is 1. The van der Waals surface area contributed by atoms with Crippen molar-refractivity contribution in [2.24, 2.45) is 5.41 Å². The van der Waals surface area contributed by atoms with Crippen LogP contribution in [0.15, 0.2) is 78.9 Å². The van der Waals surface area contributed by atoms with Crippen LogP contribution >= 0.6 is 0 Å². The van der Waals surface area contributed by atoms with E-state index in [2.05, 4.69) is 22.8 Å². The number of fused-ring (bicyclic) bond motifs is 3. The summed E-state index contributed by atoms with van der Waals surface area (Å²) >= 11 is 0. The molecule has 3 aromatic carbocycles. The molecular weight excluding hydrogens is 536 g/mol. The molecule has 0 unspecified atom stereocenters. The van der Waals surface area contributed by atoms with E-state index in [1.165, 1.54) is 0 Å². The lowest BCUT2D eigenvalue weighted by Crippen LogP contribution is -2.57. The van der Waals surface area contributed by atoms with Gasteiger partial charge in [-0.2, -0.15) is 0 Å². The molecule has 2 atom stereocenters. The molecule has 9 nitrogen and oxygen atoms in total. The Morgan fingerprint density at radius 3 is 2.14 bits per heavy atom. The number of ether oxygens (including phenoxy) is 3. The molecule has 5 rings (SSSR count). The highest BCUT2D eigenvalue weighted by Crippen LogP contribution is 2.44. The van der Waals surface area contributed by atoms with E-state index in [0.29, 0.717) is 26.1 Å². The van der Waals surface area contributed by atoms with E-state index in [9.17, 15) is 19.5 Å². The van der Waals surface area contributed by atoms with Crippen LogP contribution in [-0.4, -0.2) is 61.6 Å². The van der Waals surface area contributed by atoms with E-state index in [0.717, 1.165) is 27.8 Å². The lowest BCUT2D eigenvalue weighted by molar-refractivity contribution is -0.150. The number of hydrogen-bond donors (Lipinski definition) is 3. The SMILES string of the molecule is C[C@H](OCc1ccccc1)[C@@H](NC(=O)C1(CNC(=O)OCC2c3ccccc3-c3ccccc32)CCOCC1)C(=O)O. The molecule has 1 heterocycles. The quantitative estimate of drug-likeness (QED) is 0.309. The molecular formula is C33H36N2O7. The number of benzene rings is 3. The molecule has 1 fully saturated rings. The fourth-order valence-electron chi connectivity index (χ4n) is 5.71. The molecule has 0 spiro atoms. The van der Waals surface area contributed by atoms with Crippen LogP contribution in [0.5, 0.6) is 0 Å². The van der Waals surface area contributed by atoms with E-state index in [1.54, 1.807) is 6.92 Å². The van der Waals surface area contributed by atoms with Crippen LogP contribution in [-0.2, 0) is 30.4 Å². The summed E-state index contributed by atoms with van der Waals surface area (Å²) in [6, 6.07) is 24.3. The molecule has 0 radical (unpaired) electrons. The summed E-state index contributed by atoms with van der Waals surface area (Å²) in [5.41, 5.74) is 4.33. The Bertz CT molecular complexity index is 1360. The minimum absolute atomic E-state index is 0.00946. The molecule has 1 aliphatic heterocycles. The van der Waals surface area contributed by atoms with Crippen molar-refractivity contribution in [1.82, 2.24) is 10.6 Å². The zero-order valence-electron chi connectivity index (χ0n) is 23.6. The summed E-state index contributed by atoms with van der Waals surface area (Å²) in [4.78, 5) is 38.6.